The smallest absolute Gasteiger partial charge is 0.304 e. The predicted octanol–water partition coefficient (Wildman–Crippen LogP) is 1.71. The second-order valence-corrected chi connectivity index (χ2v) is 3.01. The van der Waals surface area contributed by atoms with Crippen molar-refractivity contribution >= 4 is 5.97 Å². The molecule has 0 aromatic heterocycles. The molecular weight excluding hydrogens is 144 g/mol. The first kappa shape index (κ1) is 10.4. The molecule has 0 saturated heterocycles. The molecule has 0 fully saturated rings. The molecule has 0 aliphatic rings. The van der Waals surface area contributed by atoms with E-state index in [-0.39, 0.29) is 18.4 Å². The number of carbonyl (C=O) groups is 1. The van der Waals surface area contributed by atoms with Crippen molar-refractivity contribution in [3.8, 4) is 0 Å². The fraction of sp³-hybridized carbons (Fsp3) is 0.875. The Morgan fingerprint density at radius 1 is 1.45 bits per heavy atom. The third-order valence-electron chi connectivity index (χ3n) is 1.56. The largest absolute Gasteiger partial charge is 0.439 e. The highest BCUT2D eigenvalue weighted by molar-refractivity contribution is 5.65. The van der Waals surface area contributed by atoms with Gasteiger partial charge in [0, 0.05) is 6.92 Å². The Morgan fingerprint density at radius 2 is 2.00 bits per heavy atom. The summed E-state index contributed by atoms with van der Waals surface area (Å²) in [4.78, 5) is 10.3. The molecule has 0 saturated carbocycles. The van der Waals surface area contributed by atoms with Crippen molar-refractivity contribution in [1.29, 1.82) is 0 Å². The monoisotopic (exact) mass is 160 g/mol. The van der Waals surface area contributed by atoms with E-state index in [1.165, 1.54) is 6.92 Å². The lowest BCUT2D eigenvalue weighted by atomic mass is 10.1. The lowest BCUT2D eigenvalue weighted by Crippen LogP contribution is -2.25. The fourth-order valence-electron chi connectivity index (χ4n) is 0.374. The van der Waals surface area contributed by atoms with Gasteiger partial charge in [-0.15, -0.1) is 0 Å². The van der Waals surface area contributed by atoms with Crippen LogP contribution in [0.3, 0.4) is 0 Å². The summed E-state index contributed by atoms with van der Waals surface area (Å²) in [7, 11) is 0. The average Bonchev–Trinajstić information content (AvgIpc) is 1.87. The van der Waals surface area contributed by atoms with Crippen LogP contribution in [0.1, 0.15) is 34.1 Å². The van der Waals surface area contributed by atoms with Crippen LogP contribution in [-0.4, -0.2) is 18.4 Å². The zero-order chi connectivity index (χ0) is 8.91. The minimum absolute atomic E-state index is 0.0518. The number of ether oxygens (including phenoxy) is 2. The van der Waals surface area contributed by atoms with Crippen molar-refractivity contribution in [2.24, 2.45) is 0 Å². The molecule has 0 unspecified atom stereocenters. The maximum Gasteiger partial charge on any atom is 0.304 e. The van der Waals surface area contributed by atoms with Crippen molar-refractivity contribution in [3.05, 3.63) is 0 Å². The summed E-state index contributed by atoms with van der Waals surface area (Å²) in [5, 5.41) is 0. The van der Waals surface area contributed by atoms with E-state index in [4.69, 9.17) is 4.74 Å². The Morgan fingerprint density at radius 3 is 2.36 bits per heavy atom. The maximum absolute atomic E-state index is 10.3. The van der Waals surface area contributed by atoms with E-state index >= 15 is 0 Å². The highest BCUT2D eigenvalue weighted by Gasteiger charge is 2.15. The normalized spacial score (nSPS) is 11.3. The Bertz CT molecular complexity index is 129. The van der Waals surface area contributed by atoms with Crippen LogP contribution in [0.5, 0.6) is 0 Å². The van der Waals surface area contributed by atoms with Gasteiger partial charge in [-0.3, -0.25) is 4.79 Å². The van der Waals surface area contributed by atoms with Gasteiger partial charge in [0.2, 0.25) is 0 Å². The molecule has 0 aliphatic heterocycles. The van der Waals surface area contributed by atoms with Crippen LogP contribution in [0.4, 0.5) is 0 Å². The summed E-state index contributed by atoms with van der Waals surface area (Å²) in [6.45, 7) is 7.35. The van der Waals surface area contributed by atoms with E-state index in [1.54, 1.807) is 0 Å². The molecule has 0 radical (unpaired) electrons. The van der Waals surface area contributed by atoms with Crippen LogP contribution in [0, 0.1) is 0 Å². The molecular formula is C8H16O3. The Labute approximate surface area is 67.7 Å². The molecule has 0 aromatic carbocycles. The minimum Gasteiger partial charge on any atom is -0.439 e. The van der Waals surface area contributed by atoms with Crippen LogP contribution in [0.25, 0.3) is 0 Å². The van der Waals surface area contributed by atoms with Gasteiger partial charge < -0.3 is 9.47 Å². The minimum atomic E-state index is -0.308. The highest BCUT2D eigenvalue weighted by atomic mass is 16.7. The van der Waals surface area contributed by atoms with Gasteiger partial charge in [0.15, 0.2) is 6.79 Å². The molecule has 0 spiro atoms. The van der Waals surface area contributed by atoms with Crippen LogP contribution in [-0.2, 0) is 14.3 Å². The molecule has 0 heterocycles. The topological polar surface area (TPSA) is 35.5 Å². The van der Waals surface area contributed by atoms with E-state index < -0.39 is 0 Å². The summed E-state index contributed by atoms with van der Waals surface area (Å²) in [6.07, 6.45) is 0.897. The van der Waals surface area contributed by atoms with E-state index in [2.05, 4.69) is 4.74 Å². The van der Waals surface area contributed by atoms with Crippen LogP contribution >= 0.6 is 0 Å². The molecule has 66 valence electrons. The standard InChI is InChI=1S/C8H16O3/c1-5-8(3,4)11-6-10-7(2)9/h5-6H2,1-4H3. The summed E-state index contributed by atoms with van der Waals surface area (Å²) in [5.41, 5.74) is -0.199. The molecule has 11 heavy (non-hydrogen) atoms. The van der Waals surface area contributed by atoms with E-state index in [1.807, 2.05) is 20.8 Å². The highest BCUT2D eigenvalue weighted by Crippen LogP contribution is 2.12. The summed E-state index contributed by atoms with van der Waals surface area (Å²) in [6, 6.07) is 0. The first-order valence-corrected chi connectivity index (χ1v) is 3.75. The Kier molecular flexibility index (Phi) is 4.11. The van der Waals surface area contributed by atoms with Crippen LogP contribution < -0.4 is 0 Å². The zero-order valence-electron chi connectivity index (χ0n) is 7.64. The maximum atomic E-state index is 10.3. The number of carbonyl (C=O) groups excluding carboxylic acids is 1. The second-order valence-electron chi connectivity index (χ2n) is 3.01. The molecule has 0 N–H and O–H groups in total. The van der Waals surface area contributed by atoms with E-state index in [0.717, 1.165) is 6.42 Å². The lowest BCUT2D eigenvalue weighted by molar-refractivity contribution is -0.166. The number of hydrogen-bond acceptors (Lipinski definition) is 3. The summed E-state index contributed by atoms with van der Waals surface area (Å²) >= 11 is 0. The van der Waals surface area contributed by atoms with Crippen LogP contribution in [0.15, 0.2) is 0 Å². The molecule has 0 aromatic rings. The number of esters is 1. The predicted molar refractivity (Wildman–Crippen MR) is 42.1 cm³/mol. The van der Waals surface area contributed by atoms with Gasteiger partial charge in [-0.2, -0.15) is 0 Å². The summed E-state index contributed by atoms with van der Waals surface area (Å²) < 4.78 is 9.86. The molecule has 0 aliphatic carbocycles. The molecule has 0 rings (SSSR count). The number of hydrogen-bond donors (Lipinski definition) is 0. The first-order chi connectivity index (χ1) is 4.98. The van der Waals surface area contributed by atoms with Gasteiger partial charge in [-0.1, -0.05) is 6.92 Å². The van der Waals surface area contributed by atoms with Crippen molar-refractivity contribution < 1.29 is 14.3 Å². The van der Waals surface area contributed by atoms with Gasteiger partial charge in [0.25, 0.3) is 0 Å². The number of rotatable bonds is 4. The van der Waals surface area contributed by atoms with E-state index in [9.17, 15) is 4.79 Å². The fourth-order valence-corrected chi connectivity index (χ4v) is 0.374. The molecule has 3 heteroatoms. The van der Waals surface area contributed by atoms with Gasteiger partial charge in [0.05, 0.1) is 5.60 Å². The molecule has 0 amide bonds. The lowest BCUT2D eigenvalue weighted by Gasteiger charge is -2.22. The Balaban J connectivity index is 3.45. The summed E-state index contributed by atoms with van der Waals surface area (Å²) in [5.74, 6) is -0.308. The van der Waals surface area contributed by atoms with Crippen molar-refractivity contribution in [3.63, 3.8) is 0 Å². The quantitative estimate of drug-likeness (QED) is 0.464. The van der Waals surface area contributed by atoms with Crippen molar-refractivity contribution in [2.75, 3.05) is 6.79 Å². The molecule has 0 bridgehead atoms. The van der Waals surface area contributed by atoms with Crippen LogP contribution in [0.2, 0.25) is 0 Å². The van der Waals surface area contributed by atoms with Crippen molar-refractivity contribution in [2.45, 2.75) is 39.7 Å². The second kappa shape index (κ2) is 4.34. The molecule has 3 nitrogen and oxygen atoms in total. The first-order valence-electron chi connectivity index (χ1n) is 3.75. The third kappa shape index (κ3) is 5.85. The van der Waals surface area contributed by atoms with Gasteiger partial charge in [-0.25, -0.2) is 0 Å². The van der Waals surface area contributed by atoms with Gasteiger partial charge in [-0.05, 0) is 20.3 Å². The zero-order valence-corrected chi connectivity index (χ0v) is 7.64. The SMILES string of the molecule is CCC(C)(C)OCOC(C)=O. The Hall–Kier alpha value is -0.570. The van der Waals surface area contributed by atoms with Gasteiger partial charge in [0.1, 0.15) is 0 Å². The average molecular weight is 160 g/mol. The van der Waals surface area contributed by atoms with Gasteiger partial charge >= 0.3 is 5.97 Å². The van der Waals surface area contributed by atoms with E-state index in [0.29, 0.717) is 0 Å². The third-order valence-corrected chi connectivity index (χ3v) is 1.56. The molecule has 0 atom stereocenters. The van der Waals surface area contributed by atoms with Crippen molar-refractivity contribution in [1.82, 2.24) is 0 Å².